The van der Waals surface area contributed by atoms with E-state index in [1.807, 2.05) is 20.8 Å². The van der Waals surface area contributed by atoms with E-state index in [2.05, 4.69) is 22.5 Å². The van der Waals surface area contributed by atoms with E-state index in [4.69, 9.17) is 4.74 Å². The molecular formula is C12H24IN3O2. The van der Waals surface area contributed by atoms with E-state index < -0.39 is 5.60 Å². The van der Waals surface area contributed by atoms with Gasteiger partial charge in [-0.05, 0) is 33.1 Å². The molecule has 0 aromatic heterocycles. The molecule has 0 heterocycles. The van der Waals surface area contributed by atoms with Crippen LogP contribution in [0.2, 0.25) is 0 Å². The number of hydrogen-bond donors (Lipinski definition) is 2. The van der Waals surface area contributed by atoms with Gasteiger partial charge in [0.2, 0.25) is 0 Å². The van der Waals surface area contributed by atoms with Crippen LogP contribution < -0.4 is 10.6 Å². The first kappa shape index (κ1) is 17.5. The number of ether oxygens (including phenoxy) is 1. The van der Waals surface area contributed by atoms with Crippen molar-refractivity contribution in [1.29, 1.82) is 0 Å². The zero-order valence-electron chi connectivity index (χ0n) is 11.7. The normalized spacial score (nSPS) is 22.8. The second-order valence-corrected chi connectivity index (χ2v) is 5.48. The quantitative estimate of drug-likeness (QED) is 0.343. The van der Waals surface area contributed by atoms with E-state index in [0.717, 1.165) is 6.42 Å². The number of hydrogen-bond acceptors (Lipinski definition) is 3. The molecule has 106 valence electrons. The Balaban J connectivity index is 0.00000289. The fourth-order valence-electron chi connectivity index (χ4n) is 1.43. The maximum atomic E-state index is 11.5. The van der Waals surface area contributed by atoms with Crippen LogP contribution in [-0.2, 0) is 9.53 Å². The minimum absolute atomic E-state index is 0. The topological polar surface area (TPSA) is 62.7 Å². The average molecular weight is 369 g/mol. The highest BCUT2D eigenvalue weighted by Gasteiger charge is 2.33. The Hall–Kier alpha value is -0.530. The molecule has 0 radical (unpaired) electrons. The summed E-state index contributed by atoms with van der Waals surface area (Å²) < 4.78 is 5.19. The summed E-state index contributed by atoms with van der Waals surface area (Å²) in [7, 11) is 1.69. The van der Waals surface area contributed by atoms with Crippen LogP contribution in [-0.4, -0.2) is 37.2 Å². The summed E-state index contributed by atoms with van der Waals surface area (Å²) in [4.78, 5) is 15.5. The Kier molecular flexibility index (Phi) is 6.94. The van der Waals surface area contributed by atoms with E-state index in [9.17, 15) is 4.79 Å². The van der Waals surface area contributed by atoms with Crippen LogP contribution >= 0.6 is 24.0 Å². The van der Waals surface area contributed by atoms with Gasteiger partial charge >= 0.3 is 5.97 Å². The molecule has 1 aliphatic carbocycles. The second kappa shape index (κ2) is 7.16. The van der Waals surface area contributed by atoms with Crippen LogP contribution in [0.1, 0.15) is 34.1 Å². The summed E-state index contributed by atoms with van der Waals surface area (Å²) in [5.74, 6) is 1.07. The van der Waals surface area contributed by atoms with E-state index in [0.29, 0.717) is 17.9 Å². The summed E-state index contributed by atoms with van der Waals surface area (Å²) in [6.45, 7) is 7.87. The first-order valence-electron chi connectivity index (χ1n) is 6.01. The van der Waals surface area contributed by atoms with Crippen molar-refractivity contribution in [3.8, 4) is 0 Å². The van der Waals surface area contributed by atoms with Crippen molar-refractivity contribution < 1.29 is 9.53 Å². The molecule has 0 aliphatic heterocycles. The van der Waals surface area contributed by atoms with Gasteiger partial charge in [0.05, 0.1) is 0 Å². The molecule has 1 rings (SSSR count). The van der Waals surface area contributed by atoms with Crippen molar-refractivity contribution >= 4 is 35.9 Å². The van der Waals surface area contributed by atoms with Gasteiger partial charge in [0, 0.05) is 13.1 Å². The lowest BCUT2D eigenvalue weighted by Gasteiger charge is -2.20. The zero-order valence-corrected chi connectivity index (χ0v) is 14.1. The average Bonchev–Trinajstić information content (AvgIpc) is 2.86. The van der Waals surface area contributed by atoms with Crippen molar-refractivity contribution in [1.82, 2.24) is 10.6 Å². The maximum Gasteiger partial charge on any atom is 0.325 e. The lowest BCUT2D eigenvalue weighted by Crippen LogP contribution is -2.42. The van der Waals surface area contributed by atoms with Gasteiger partial charge < -0.3 is 15.4 Å². The van der Waals surface area contributed by atoms with Crippen LogP contribution in [0.15, 0.2) is 4.99 Å². The van der Waals surface area contributed by atoms with E-state index in [-0.39, 0.29) is 36.5 Å². The Morgan fingerprint density at radius 2 is 2.00 bits per heavy atom. The molecule has 2 unspecified atom stereocenters. The molecule has 1 aliphatic rings. The highest BCUT2D eigenvalue weighted by molar-refractivity contribution is 14.0. The summed E-state index contributed by atoms with van der Waals surface area (Å²) in [6, 6.07) is 0.486. The molecule has 0 saturated heterocycles. The Morgan fingerprint density at radius 3 is 2.39 bits per heavy atom. The van der Waals surface area contributed by atoms with Crippen LogP contribution in [0.3, 0.4) is 0 Å². The van der Waals surface area contributed by atoms with Gasteiger partial charge in [-0.25, -0.2) is 0 Å². The Labute approximate surface area is 126 Å². The number of carbonyl (C=O) groups is 1. The van der Waals surface area contributed by atoms with Crippen molar-refractivity contribution in [2.75, 3.05) is 13.6 Å². The highest BCUT2D eigenvalue weighted by Crippen LogP contribution is 2.28. The lowest BCUT2D eigenvalue weighted by molar-refractivity contribution is -0.153. The van der Waals surface area contributed by atoms with Crippen molar-refractivity contribution in [3.63, 3.8) is 0 Å². The lowest BCUT2D eigenvalue weighted by atomic mass is 10.2. The first-order chi connectivity index (χ1) is 7.81. The smallest absolute Gasteiger partial charge is 0.325 e. The van der Waals surface area contributed by atoms with Gasteiger partial charge in [-0.15, -0.1) is 24.0 Å². The third-order valence-electron chi connectivity index (χ3n) is 2.48. The molecule has 0 bridgehead atoms. The van der Waals surface area contributed by atoms with E-state index >= 15 is 0 Å². The SMILES string of the molecule is CN=C(NCC(=O)OC(C)(C)C)NC1CC1C.I. The summed E-state index contributed by atoms with van der Waals surface area (Å²) in [5.41, 5.74) is -0.444. The second-order valence-electron chi connectivity index (χ2n) is 5.48. The Bertz CT molecular complexity index is 313. The van der Waals surface area contributed by atoms with Gasteiger partial charge in [-0.1, -0.05) is 6.92 Å². The van der Waals surface area contributed by atoms with E-state index in [1.54, 1.807) is 7.05 Å². The van der Waals surface area contributed by atoms with Crippen LogP contribution in [0, 0.1) is 5.92 Å². The number of esters is 1. The van der Waals surface area contributed by atoms with Gasteiger partial charge in [0.1, 0.15) is 12.1 Å². The number of nitrogens with zero attached hydrogens (tertiary/aromatic N) is 1. The molecule has 2 atom stereocenters. The fraction of sp³-hybridized carbons (Fsp3) is 0.833. The predicted octanol–water partition coefficient (Wildman–Crippen LogP) is 1.52. The summed E-state index contributed by atoms with van der Waals surface area (Å²) in [6.07, 6.45) is 1.16. The molecule has 6 heteroatoms. The molecule has 18 heavy (non-hydrogen) atoms. The molecule has 0 aromatic carbocycles. The number of carbonyl (C=O) groups excluding carboxylic acids is 1. The maximum absolute atomic E-state index is 11.5. The minimum Gasteiger partial charge on any atom is -0.459 e. The number of nitrogens with one attached hydrogen (secondary N) is 2. The van der Waals surface area contributed by atoms with Gasteiger partial charge in [-0.3, -0.25) is 9.79 Å². The third kappa shape index (κ3) is 7.03. The molecular weight excluding hydrogens is 345 g/mol. The van der Waals surface area contributed by atoms with Crippen LogP contribution in [0.4, 0.5) is 0 Å². The molecule has 2 N–H and O–H groups in total. The minimum atomic E-state index is -0.444. The monoisotopic (exact) mass is 369 g/mol. The molecule has 1 saturated carbocycles. The molecule has 0 amide bonds. The van der Waals surface area contributed by atoms with Gasteiger partial charge in [0.15, 0.2) is 5.96 Å². The van der Waals surface area contributed by atoms with Crippen molar-refractivity contribution in [2.24, 2.45) is 10.9 Å². The molecule has 0 aromatic rings. The predicted molar refractivity (Wildman–Crippen MR) is 83.3 cm³/mol. The Morgan fingerprint density at radius 1 is 1.44 bits per heavy atom. The summed E-state index contributed by atoms with van der Waals surface area (Å²) >= 11 is 0. The number of rotatable bonds is 3. The largest absolute Gasteiger partial charge is 0.459 e. The summed E-state index contributed by atoms with van der Waals surface area (Å²) in [5, 5.41) is 6.19. The first-order valence-corrected chi connectivity index (χ1v) is 6.01. The molecule has 5 nitrogen and oxygen atoms in total. The molecule has 0 spiro atoms. The van der Waals surface area contributed by atoms with E-state index in [1.165, 1.54) is 0 Å². The number of aliphatic imine (C=N–C) groups is 1. The van der Waals surface area contributed by atoms with Gasteiger partial charge in [-0.2, -0.15) is 0 Å². The van der Waals surface area contributed by atoms with Crippen LogP contribution in [0.5, 0.6) is 0 Å². The van der Waals surface area contributed by atoms with Crippen molar-refractivity contribution in [3.05, 3.63) is 0 Å². The molecule has 1 fully saturated rings. The van der Waals surface area contributed by atoms with Crippen molar-refractivity contribution in [2.45, 2.75) is 45.8 Å². The number of halogens is 1. The standard InChI is InChI=1S/C12H23N3O2.HI/c1-8-6-9(8)15-11(13-5)14-7-10(16)17-12(2,3)4;/h8-9H,6-7H2,1-5H3,(H2,13,14,15);1H. The third-order valence-corrected chi connectivity index (χ3v) is 2.48. The zero-order chi connectivity index (χ0) is 13.1. The van der Waals surface area contributed by atoms with Crippen LogP contribution in [0.25, 0.3) is 0 Å². The fourth-order valence-corrected chi connectivity index (χ4v) is 1.43. The van der Waals surface area contributed by atoms with Gasteiger partial charge in [0.25, 0.3) is 0 Å². The highest BCUT2D eigenvalue weighted by atomic mass is 127. The number of guanidine groups is 1.